The summed E-state index contributed by atoms with van der Waals surface area (Å²) in [6.07, 6.45) is 1.62. The molecule has 0 radical (unpaired) electrons. The Morgan fingerprint density at radius 2 is 2.17 bits per heavy atom. The van der Waals surface area contributed by atoms with Gasteiger partial charge in [0.05, 0.1) is 29.9 Å². The average Bonchev–Trinajstić information content (AvgIpc) is 3.26. The Labute approximate surface area is 206 Å². The molecule has 0 bridgehead atoms. The van der Waals surface area contributed by atoms with Crippen molar-refractivity contribution >= 4 is 23.2 Å². The number of halogens is 1. The van der Waals surface area contributed by atoms with E-state index in [0.29, 0.717) is 47.3 Å². The normalized spacial score (nSPS) is 15.6. The molecule has 1 aliphatic heterocycles. The molecule has 10 heteroatoms. The molecule has 176 valence electrons. The van der Waals surface area contributed by atoms with Crippen LogP contribution < -0.4 is 10.6 Å². The van der Waals surface area contributed by atoms with Gasteiger partial charge in [-0.1, -0.05) is 23.7 Å². The lowest BCUT2D eigenvalue weighted by Gasteiger charge is -2.23. The molecule has 0 aliphatic carbocycles. The van der Waals surface area contributed by atoms with Crippen molar-refractivity contribution < 1.29 is 9.53 Å². The molecule has 4 heterocycles. The van der Waals surface area contributed by atoms with Gasteiger partial charge in [-0.3, -0.25) is 4.79 Å². The summed E-state index contributed by atoms with van der Waals surface area (Å²) >= 11 is 6.28. The Bertz CT molecular complexity index is 1430. The van der Waals surface area contributed by atoms with Crippen molar-refractivity contribution in [3.8, 4) is 28.5 Å². The molecule has 4 aromatic rings. The standard InChI is InChI=1S/C25H22ClN7O2/c1-15-9-18(11-21(26)30-15)22-23(17-4-2-3-16(10-17)12-27)32-33-7-5-20(31-24(22)33)25(34)29-14-19-13-28-6-8-35-19/h2-5,7,9-11,19,28H,6,8,13-14H2,1H3,(H,29,34). The van der Waals surface area contributed by atoms with Crippen molar-refractivity contribution in [3.63, 3.8) is 0 Å². The molecule has 1 unspecified atom stereocenters. The van der Waals surface area contributed by atoms with Crippen LogP contribution in [0.1, 0.15) is 21.7 Å². The van der Waals surface area contributed by atoms with Gasteiger partial charge in [-0.15, -0.1) is 0 Å². The van der Waals surface area contributed by atoms with Crippen molar-refractivity contribution in [1.82, 2.24) is 30.2 Å². The fourth-order valence-corrected chi connectivity index (χ4v) is 4.33. The smallest absolute Gasteiger partial charge is 0.270 e. The van der Waals surface area contributed by atoms with Gasteiger partial charge in [0.15, 0.2) is 5.65 Å². The van der Waals surface area contributed by atoms with Crippen molar-refractivity contribution in [2.75, 3.05) is 26.2 Å². The van der Waals surface area contributed by atoms with Crippen LogP contribution in [-0.4, -0.2) is 57.8 Å². The number of nitrogens with one attached hydrogen (secondary N) is 2. The molecular weight excluding hydrogens is 466 g/mol. The zero-order valence-corrected chi connectivity index (χ0v) is 19.7. The molecule has 3 aromatic heterocycles. The van der Waals surface area contributed by atoms with E-state index in [1.807, 2.05) is 19.1 Å². The maximum atomic E-state index is 12.9. The van der Waals surface area contributed by atoms with Gasteiger partial charge in [0, 0.05) is 37.1 Å². The van der Waals surface area contributed by atoms with Crippen LogP contribution in [0.25, 0.3) is 28.0 Å². The number of hydrogen-bond acceptors (Lipinski definition) is 7. The fourth-order valence-electron chi connectivity index (χ4n) is 4.08. The first-order valence-corrected chi connectivity index (χ1v) is 11.5. The monoisotopic (exact) mass is 487 g/mol. The second kappa shape index (κ2) is 9.80. The second-order valence-corrected chi connectivity index (χ2v) is 8.61. The van der Waals surface area contributed by atoms with Crippen LogP contribution in [0.5, 0.6) is 0 Å². The summed E-state index contributed by atoms with van der Waals surface area (Å²) in [5.74, 6) is -0.300. The molecule has 1 fully saturated rings. The number of hydrogen-bond donors (Lipinski definition) is 2. The number of aromatic nitrogens is 4. The van der Waals surface area contributed by atoms with Gasteiger partial charge >= 0.3 is 0 Å². The SMILES string of the molecule is Cc1cc(-c2c(-c3cccc(C#N)c3)nn3ccc(C(=O)NCC4CNCCO4)nc23)cc(Cl)n1. The molecule has 1 atom stereocenters. The second-order valence-electron chi connectivity index (χ2n) is 8.22. The predicted octanol–water partition coefficient (Wildman–Crippen LogP) is 3.01. The van der Waals surface area contributed by atoms with E-state index in [1.54, 1.807) is 41.0 Å². The largest absolute Gasteiger partial charge is 0.374 e. The lowest BCUT2D eigenvalue weighted by atomic mass is 10.00. The molecule has 35 heavy (non-hydrogen) atoms. The van der Waals surface area contributed by atoms with Crippen LogP contribution in [0.4, 0.5) is 0 Å². The van der Waals surface area contributed by atoms with Crippen LogP contribution in [0.2, 0.25) is 5.15 Å². The number of fused-ring (bicyclic) bond motifs is 1. The maximum Gasteiger partial charge on any atom is 0.270 e. The molecule has 1 amide bonds. The summed E-state index contributed by atoms with van der Waals surface area (Å²) < 4.78 is 7.28. The minimum atomic E-state index is -0.300. The first-order valence-electron chi connectivity index (χ1n) is 11.2. The number of ether oxygens (including phenoxy) is 1. The number of carbonyl (C=O) groups is 1. The van der Waals surface area contributed by atoms with E-state index in [1.165, 1.54) is 0 Å². The van der Waals surface area contributed by atoms with Crippen LogP contribution in [0.3, 0.4) is 0 Å². The van der Waals surface area contributed by atoms with Crippen LogP contribution in [0.15, 0.2) is 48.7 Å². The van der Waals surface area contributed by atoms with Crippen molar-refractivity contribution in [2.24, 2.45) is 0 Å². The Morgan fingerprint density at radius 3 is 2.94 bits per heavy atom. The summed E-state index contributed by atoms with van der Waals surface area (Å²) in [5, 5.41) is 20.6. The van der Waals surface area contributed by atoms with Crippen LogP contribution >= 0.6 is 11.6 Å². The lowest BCUT2D eigenvalue weighted by Crippen LogP contribution is -2.45. The third-order valence-electron chi connectivity index (χ3n) is 5.69. The first kappa shape index (κ1) is 22.9. The van der Waals surface area contributed by atoms with E-state index >= 15 is 0 Å². The quantitative estimate of drug-likeness (QED) is 0.415. The zero-order valence-electron chi connectivity index (χ0n) is 19.0. The molecule has 1 aliphatic rings. The Kier molecular flexibility index (Phi) is 6.42. The molecule has 0 saturated carbocycles. The highest BCUT2D eigenvalue weighted by atomic mass is 35.5. The summed E-state index contributed by atoms with van der Waals surface area (Å²) in [4.78, 5) is 21.8. The molecule has 1 aromatic carbocycles. The highest BCUT2D eigenvalue weighted by Gasteiger charge is 2.21. The third-order valence-corrected chi connectivity index (χ3v) is 5.88. The van der Waals surface area contributed by atoms with Gasteiger partial charge in [0.1, 0.15) is 16.5 Å². The Morgan fingerprint density at radius 1 is 1.29 bits per heavy atom. The summed E-state index contributed by atoms with van der Waals surface area (Å²) in [6.45, 7) is 4.35. The predicted molar refractivity (Wildman–Crippen MR) is 131 cm³/mol. The fraction of sp³-hybridized carbons (Fsp3) is 0.240. The molecule has 2 N–H and O–H groups in total. The van der Waals surface area contributed by atoms with E-state index in [-0.39, 0.29) is 17.7 Å². The number of nitriles is 1. The van der Waals surface area contributed by atoms with Crippen LogP contribution in [0, 0.1) is 18.3 Å². The maximum absolute atomic E-state index is 12.9. The number of aryl methyl sites for hydroxylation is 1. The first-order chi connectivity index (χ1) is 17.0. The Balaban J connectivity index is 1.59. The number of morpholine rings is 1. The zero-order chi connectivity index (χ0) is 24.4. The molecule has 9 nitrogen and oxygen atoms in total. The molecular formula is C25H22ClN7O2. The van der Waals surface area contributed by atoms with Gasteiger partial charge in [0.2, 0.25) is 0 Å². The number of pyridine rings is 1. The topological polar surface area (TPSA) is 117 Å². The average molecular weight is 488 g/mol. The number of nitrogens with zero attached hydrogens (tertiary/aromatic N) is 5. The van der Waals surface area contributed by atoms with Gasteiger partial charge < -0.3 is 15.4 Å². The van der Waals surface area contributed by atoms with E-state index in [0.717, 1.165) is 23.4 Å². The van der Waals surface area contributed by atoms with Crippen molar-refractivity contribution in [3.05, 3.63) is 70.8 Å². The number of rotatable bonds is 5. The van der Waals surface area contributed by atoms with Gasteiger partial charge in [-0.25, -0.2) is 14.5 Å². The highest BCUT2D eigenvalue weighted by Crippen LogP contribution is 2.36. The van der Waals surface area contributed by atoms with Crippen LogP contribution in [-0.2, 0) is 4.74 Å². The Hall–Kier alpha value is -3.84. The molecule has 0 spiro atoms. The van der Waals surface area contributed by atoms with E-state index in [2.05, 4.69) is 26.7 Å². The van der Waals surface area contributed by atoms with E-state index in [9.17, 15) is 10.1 Å². The molecule has 5 rings (SSSR count). The number of benzene rings is 1. The summed E-state index contributed by atoms with van der Waals surface area (Å²) in [6, 6.07) is 14.6. The summed E-state index contributed by atoms with van der Waals surface area (Å²) in [7, 11) is 0. The van der Waals surface area contributed by atoms with E-state index < -0.39 is 0 Å². The highest BCUT2D eigenvalue weighted by molar-refractivity contribution is 6.29. The molecule has 1 saturated heterocycles. The lowest BCUT2D eigenvalue weighted by molar-refractivity contribution is 0.0287. The minimum Gasteiger partial charge on any atom is -0.374 e. The van der Waals surface area contributed by atoms with Crippen molar-refractivity contribution in [1.29, 1.82) is 5.26 Å². The number of amides is 1. The number of carbonyl (C=O) groups excluding carboxylic acids is 1. The third kappa shape index (κ3) is 4.86. The van der Waals surface area contributed by atoms with Gasteiger partial charge in [-0.05, 0) is 42.8 Å². The summed E-state index contributed by atoms with van der Waals surface area (Å²) in [5.41, 5.74) is 4.84. The van der Waals surface area contributed by atoms with Gasteiger partial charge in [-0.2, -0.15) is 10.4 Å². The van der Waals surface area contributed by atoms with E-state index in [4.69, 9.17) is 21.4 Å². The van der Waals surface area contributed by atoms with Gasteiger partial charge in [0.25, 0.3) is 5.91 Å². The minimum absolute atomic E-state index is 0.0806. The van der Waals surface area contributed by atoms with Crippen molar-refractivity contribution in [2.45, 2.75) is 13.0 Å².